The predicted octanol–water partition coefficient (Wildman–Crippen LogP) is 2.55. The van der Waals surface area contributed by atoms with Crippen LogP contribution >= 0.6 is 0 Å². The fraction of sp³-hybridized carbons (Fsp3) is 0.696. The molecule has 0 radical (unpaired) electrons. The molecule has 0 saturated carbocycles. The zero-order valence-electron chi connectivity index (χ0n) is 18.5. The van der Waals surface area contributed by atoms with Crippen LogP contribution in [0.2, 0.25) is 0 Å². The first-order valence-electron chi connectivity index (χ1n) is 11.5. The zero-order chi connectivity index (χ0) is 21.0. The third kappa shape index (κ3) is 4.72. The minimum Gasteiger partial charge on any atom is -0.381 e. The van der Waals surface area contributed by atoms with E-state index in [-0.39, 0.29) is 5.82 Å². The Bertz CT molecular complexity index is 741. The van der Waals surface area contributed by atoms with Crippen molar-refractivity contribution >= 4 is 11.6 Å². The molecule has 1 atom stereocenters. The van der Waals surface area contributed by atoms with Gasteiger partial charge in [-0.25, -0.2) is 9.38 Å². The van der Waals surface area contributed by atoms with Crippen LogP contribution in [0.1, 0.15) is 32.3 Å². The number of ether oxygens (including phenoxy) is 1. The number of likely N-dealkylation sites (tertiary alicyclic amines) is 1. The Morgan fingerprint density at radius 3 is 2.67 bits per heavy atom. The highest BCUT2D eigenvalue weighted by Gasteiger charge is 2.42. The summed E-state index contributed by atoms with van der Waals surface area (Å²) >= 11 is 0. The Kier molecular flexibility index (Phi) is 6.78. The second-order valence-electron chi connectivity index (χ2n) is 8.85. The fourth-order valence-electron chi connectivity index (χ4n) is 4.89. The van der Waals surface area contributed by atoms with Crippen molar-refractivity contribution in [2.75, 3.05) is 70.5 Å². The van der Waals surface area contributed by atoms with E-state index in [1.165, 1.54) is 0 Å². The van der Waals surface area contributed by atoms with Gasteiger partial charge >= 0.3 is 0 Å². The summed E-state index contributed by atoms with van der Waals surface area (Å²) in [5, 5.41) is 3.42. The van der Waals surface area contributed by atoms with Gasteiger partial charge in [-0.15, -0.1) is 0 Å². The summed E-state index contributed by atoms with van der Waals surface area (Å²) in [7, 11) is 0. The molecular formula is C23H36FN5O. The SMILES string of the molecule is CCNC(=NCc1ccc(N2CCN(CC)CC2)c(F)c1)N1CCC2(CCOC2)C1. The number of guanidine groups is 1. The van der Waals surface area contributed by atoms with E-state index in [2.05, 4.69) is 33.9 Å². The van der Waals surface area contributed by atoms with Gasteiger partial charge in [0, 0.05) is 57.8 Å². The second kappa shape index (κ2) is 9.52. The summed E-state index contributed by atoms with van der Waals surface area (Å²) in [6, 6.07) is 5.61. The van der Waals surface area contributed by atoms with Crippen LogP contribution in [0.3, 0.4) is 0 Å². The number of anilines is 1. The van der Waals surface area contributed by atoms with Crippen molar-refractivity contribution in [2.45, 2.75) is 33.2 Å². The molecule has 3 heterocycles. The summed E-state index contributed by atoms with van der Waals surface area (Å²) in [5.41, 5.74) is 1.93. The van der Waals surface area contributed by atoms with Gasteiger partial charge < -0.3 is 24.8 Å². The second-order valence-corrected chi connectivity index (χ2v) is 8.85. The van der Waals surface area contributed by atoms with Crippen LogP contribution in [-0.2, 0) is 11.3 Å². The largest absolute Gasteiger partial charge is 0.381 e. The smallest absolute Gasteiger partial charge is 0.194 e. The molecule has 3 saturated heterocycles. The molecule has 1 spiro atoms. The van der Waals surface area contributed by atoms with Gasteiger partial charge in [0.1, 0.15) is 5.82 Å². The highest BCUT2D eigenvalue weighted by molar-refractivity contribution is 5.80. The molecule has 7 heteroatoms. The minimum absolute atomic E-state index is 0.138. The summed E-state index contributed by atoms with van der Waals surface area (Å²) < 4.78 is 20.5. The lowest BCUT2D eigenvalue weighted by Gasteiger charge is -2.35. The topological polar surface area (TPSA) is 43.3 Å². The lowest BCUT2D eigenvalue weighted by Crippen LogP contribution is -2.46. The van der Waals surface area contributed by atoms with Crippen LogP contribution in [0.25, 0.3) is 0 Å². The van der Waals surface area contributed by atoms with Crippen LogP contribution in [0.4, 0.5) is 10.1 Å². The normalized spacial score (nSPS) is 25.5. The first-order valence-corrected chi connectivity index (χ1v) is 11.5. The highest BCUT2D eigenvalue weighted by Crippen LogP contribution is 2.38. The van der Waals surface area contributed by atoms with E-state index < -0.39 is 0 Å². The van der Waals surface area contributed by atoms with Crippen molar-refractivity contribution in [3.63, 3.8) is 0 Å². The molecule has 6 nitrogen and oxygen atoms in total. The van der Waals surface area contributed by atoms with Crippen molar-refractivity contribution in [3.8, 4) is 0 Å². The van der Waals surface area contributed by atoms with Crippen molar-refractivity contribution in [3.05, 3.63) is 29.6 Å². The lowest BCUT2D eigenvalue weighted by atomic mass is 9.87. The molecule has 0 bridgehead atoms. The number of nitrogens with one attached hydrogen (secondary N) is 1. The minimum atomic E-state index is -0.138. The Labute approximate surface area is 180 Å². The van der Waals surface area contributed by atoms with Gasteiger partial charge in [0.15, 0.2) is 5.96 Å². The molecule has 1 unspecified atom stereocenters. The third-order valence-corrected chi connectivity index (χ3v) is 6.84. The maximum Gasteiger partial charge on any atom is 0.194 e. The lowest BCUT2D eigenvalue weighted by molar-refractivity contribution is 0.156. The van der Waals surface area contributed by atoms with Gasteiger partial charge in [-0.1, -0.05) is 13.0 Å². The number of hydrogen-bond acceptors (Lipinski definition) is 4. The molecule has 166 valence electrons. The van der Waals surface area contributed by atoms with E-state index in [9.17, 15) is 4.39 Å². The molecule has 0 amide bonds. The van der Waals surface area contributed by atoms with E-state index in [0.717, 1.165) is 89.9 Å². The maximum absolute atomic E-state index is 14.8. The highest BCUT2D eigenvalue weighted by atomic mass is 19.1. The van der Waals surface area contributed by atoms with Crippen molar-refractivity contribution < 1.29 is 9.13 Å². The van der Waals surface area contributed by atoms with Gasteiger partial charge in [-0.3, -0.25) is 0 Å². The number of likely N-dealkylation sites (N-methyl/N-ethyl adjacent to an activating group) is 1. The summed E-state index contributed by atoms with van der Waals surface area (Å²) in [4.78, 5) is 11.7. The van der Waals surface area contributed by atoms with Crippen LogP contribution in [-0.4, -0.2) is 81.3 Å². The molecule has 1 aromatic rings. The number of benzene rings is 1. The van der Waals surface area contributed by atoms with Crippen LogP contribution in [0.5, 0.6) is 0 Å². The first-order chi connectivity index (χ1) is 14.6. The molecule has 30 heavy (non-hydrogen) atoms. The van der Waals surface area contributed by atoms with E-state index in [1.54, 1.807) is 6.07 Å². The Balaban J connectivity index is 1.40. The monoisotopic (exact) mass is 417 g/mol. The Morgan fingerprint density at radius 2 is 2.00 bits per heavy atom. The van der Waals surface area contributed by atoms with Crippen LogP contribution in [0, 0.1) is 11.2 Å². The molecule has 3 fully saturated rings. The molecule has 3 aliphatic heterocycles. The number of piperazine rings is 1. The first kappa shape index (κ1) is 21.4. The van der Waals surface area contributed by atoms with Gasteiger partial charge in [0.25, 0.3) is 0 Å². The Hall–Kier alpha value is -1.86. The number of rotatable bonds is 5. The summed E-state index contributed by atoms with van der Waals surface area (Å²) in [6.07, 6.45) is 2.30. The number of nitrogens with zero attached hydrogens (tertiary/aromatic N) is 4. The fourth-order valence-corrected chi connectivity index (χ4v) is 4.89. The standard InChI is InChI=1S/C23H36FN5O/c1-3-25-22(29-9-7-23(17-29)8-14-30-18-23)26-16-19-5-6-21(20(24)15-19)28-12-10-27(4-2)11-13-28/h5-6,15H,3-4,7-14,16-18H2,1-2H3,(H,25,26). The molecule has 1 aromatic carbocycles. The quantitative estimate of drug-likeness (QED) is 0.589. The summed E-state index contributed by atoms with van der Waals surface area (Å²) in [5.74, 6) is 0.794. The molecule has 3 aliphatic rings. The predicted molar refractivity (Wildman–Crippen MR) is 120 cm³/mol. The van der Waals surface area contributed by atoms with Gasteiger partial charge in [0.2, 0.25) is 0 Å². The average Bonchev–Trinajstić information content (AvgIpc) is 3.41. The zero-order valence-corrected chi connectivity index (χ0v) is 18.5. The molecule has 1 N–H and O–H groups in total. The van der Waals surface area contributed by atoms with E-state index in [0.29, 0.717) is 17.6 Å². The van der Waals surface area contributed by atoms with Gasteiger partial charge in [0.05, 0.1) is 18.8 Å². The molecular weight excluding hydrogens is 381 g/mol. The van der Waals surface area contributed by atoms with Crippen molar-refractivity contribution in [2.24, 2.45) is 10.4 Å². The molecule has 4 rings (SSSR count). The number of aliphatic imine (C=N–C) groups is 1. The van der Waals surface area contributed by atoms with E-state index in [4.69, 9.17) is 9.73 Å². The van der Waals surface area contributed by atoms with E-state index in [1.807, 2.05) is 12.1 Å². The maximum atomic E-state index is 14.8. The van der Waals surface area contributed by atoms with Crippen molar-refractivity contribution in [1.29, 1.82) is 0 Å². The van der Waals surface area contributed by atoms with E-state index >= 15 is 0 Å². The average molecular weight is 418 g/mol. The Morgan fingerprint density at radius 1 is 1.17 bits per heavy atom. The third-order valence-electron chi connectivity index (χ3n) is 6.84. The number of hydrogen-bond donors (Lipinski definition) is 1. The number of halogens is 1. The van der Waals surface area contributed by atoms with Crippen molar-refractivity contribution in [1.82, 2.24) is 15.1 Å². The van der Waals surface area contributed by atoms with Crippen LogP contribution < -0.4 is 10.2 Å². The molecule has 0 aromatic heterocycles. The summed E-state index contributed by atoms with van der Waals surface area (Å²) in [6.45, 7) is 14.1. The van der Waals surface area contributed by atoms with Crippen LogP contribution in [0.15, 0.2) is 23.2 Å². The van der Waals surface area contributed by atoms with Gasteiger partial charge in [-0.2, -0.15) is 0 Å². The van der Waals surface area contributed by atoms with Gasteiger partial charge in [-0.05, 0) is 44.0 Å². The molecule has 0 aliphatic carbocycles.